The molecule has 0 aliphatic heterocycles. The first-order chi connectivity index (χ1) is 8.19. The van der Waals surface area contributed by atoms with Gasteiger partial charge in [0.05, 0.1) is 12.8 Å². The van der Waals surface area contributed by atoms with E-state index in [1.807, 2.05) is 13.8 Å². The molecule has 0 fully saturated rings. The molecule has 0 heterocycles. The van der Waals surface area contributed by atoms with Crippen molar-refractivity contribution in [2.75, 3.05) is 13.2 Å². The molecular formula is C10H18O8. The maximum Gasteiger partial charge on any atom is 0.336 e. The Morgan fingerprint density at radius 1 is 0.944 bits per heavy atom. The van der Waals surface area contributed by atoms with E-state index in [1.165, 1.54) is 0 Å². The van der Waals surface area contributed by atoms with Crippen LogP contribution in [0.5, 0.6) is 0 Å². The van der Waals surface area contributed by atoms with Crippen LogP contribution >= 0.6 is 0 Å². The van der Waals surface area contributed by atoms with E-state index in [4.69, 9.17) is 25.2 Å². The fourth-order valence-electron chi connectivity index (χ4n) is 0.918. The Morgan fingerprint density at radius 2 is 1.28 bits per heavy atom. The van der Waals surface area contributed by atoms with E-state index in [-0.39, 0.29) is 0 Å². The Hall–Kier alpha value is -1.67. The molecule has 4 N–H and O–H groups in total. The lowest BCUT2D eigenvalue weighted by molar-refractivity contribution is -0.170. The number of hydrogen-bond acceptors (Lipinski definition) is 5. The van der Waals surface area contributed by atoms with Crippen molar-refractivity contribution in [1.82, 2.24) is 0 Å². The average Bonchev–Trinajstić information content (AvgIpc) is 2.16. The summed E-state index contributed by atoms with van der Waals surface area (Å²) in [5.74, 6) is -5.02. The van der Waals surface area contributed by atoms with Gasteiger partial charge >= 0.3 is 17.9 Å². The molecule has 106 valence electrons. The smallest absolute Gasteiger partial charge is 0.336 e. The highest BCUT2D eigenvalue weighted by molar-refractivity contribution is 5.88. The first-order valence-corrected chi connectivity index (χ1v) is 5.16. The highest BCUT2D eigenvalue weighted by atomic mass is 16.5. The van der Waals surface area contributed by atoms with Crippen LogP contribution in [0.15, 0.2) is 0 Å². The van der Waals surface area contributed by atoms with Gasteiger partial charge in [0, 0.05) is 13.2 Å². The summed E-state index contributed by atoms with van der Waals surface area (Å²) in [5.41, 5.74) is -2.74. The zero-order chi connectivity index (χ0) is 14.8. The fraction of sp³-hybridized carbons (Fsp3) is 0.700. The zero-order valence-electron chi connectivity index (χ0n) is 10.3. The molecule has 18 heavy (non-hydrogen) atoms. The minimum absolute atomic E-state index is 0.844. The van der Waals surface area contributed by atoms with E-state index in [1.54, 1.807) is 0 Å². The predicted molar refractivity (Wildman–Crippen MR) is 59.3 cm³/mol. The van der Waals surface area contributed by atoms with Crippen LogP contribution in [0.2, 0.25) is 0 Å². The number of carboxylic acids is 3. The van der Waals surface area contributed by atoms with Crippen LogP contribution in [0.1, 0.15) is 26.7 Å². The van der Waals surface area contributed by atoms with Gasteiger partial charge in [-0.3, -0.25) is 9.59 Å². The number of hydrogen-bond donors (Lipinski definition) is 4. The molecule has 0 aromatic rings. The molecule has 0 aliphatic rings. The monoisotopic (exact) mass is 266 g/mol. The normalized spacial score (nSPS) is 10.2. The summed E-state index contributed by atoms with van der Waals surface area (Å²) in [7, 11) is 0. The molecule has 0 atom stereocenters. The molecule has 0 unspecified atom stereocenters. The van der Waals surface area contributed by atoms with Gasteiger partial charge in [-0.1, -0.05) is 0 Å². The summed E-state index contributed by atoms with van der Waals surface area (Å²) < 4.78 is 4.83. The van der Waals surface area contributed by atoms with E-state index in [2.05, 4.69) is 0 Å². The highest BCUT2D eigenvalue weighted by Gasteiger charge is 2.40. The minimum Gasteiger partial charge on any atom is -0.481 e. The summed E-state index contributed by atoms with van der Waals surface area (Å²) in [5, 5.41) is 33.8. The van der Waals surface area contributed by atoms with Crippen molar-refractivity contribution in [3.8, 4) is 0 Å². The Bertz CT molecular complexity index is 268. The molecule has 0 aromatic heterocycles. The molecule has 0 aromatic carbocycles. The quantitative estimate of drug-likeness (QED) is 0.496. The van der Waals surface area contributed by atoms with Crippen LogP contribution in [0.25, 0.3) is 0 Å². The van der Waals surface area contributed by atoms with Crippen molar-refractivity contribution in [3.63, 3.8) is 0 Å². The van der Waals surface area contributed by atoms with Gasteiger partial charge in [-0.15, -0.1) is 0 Å². The van der Waals surface area contributed by atoms with E-state index >= 15 is 0 Å². The van der Waals surface area contributed by atoms with Gasteiger partial charge < -0.3 is 25.2 Å². The molecule has 0 amide bonds. The van der Waals surface area contributed by atoms with Crippen molar-refractivity contribution in [3.05, 3.63) is 0 Å². The molecule has 8 heteroatoms. The second-order valence-corrected chi connectivity index (χ2v) is 3.26. The van der Waals surface area contributed by atoms with Gasteiger partial charge in [-0.25, -0.2) is 4.79 Å². The van der Waals surface area contributed by atoms with Gasteiger partial charge in [-0.05, 0) is 13.8 Å². The molecule has 8 nitrogen and oxygen atoms in total. The number of aliphatic hydroxyl groups is 1. The number of aliphatic carboxylic acids is 3. The lowest BCUT2D eigenvalue weighted by Gasteiger charge is -2.18. The van der Waals surface area contributed by atoms with Gasteiger partial charge in [0.1, 0.15) is 0 Å². The molecule has 0 rings (SSSR count). The van der Waals surface area contributed by atoms with Gasteiger partial charge in [-0.2, -0.15) is 0 Å². The first kappa shape index (κ1) is 18.7. The van der Waals surface area contributed by atoms with Crippen LogP contribution in [-0.4, -0.2) is 57.1 Å². The maximum atomic E-state index is 10.3. The number of carboxylic acid groups (broad SMARTS) is 3. The van der Waals surface area contributed by atoms with Crippen LogP contribution in [-0.2, 0) is 19.1 Å². The van der Waals surface area contributed by atoms with E-state index in [9.17, 15) is 14.4 Å². The van der Waals surface area contributed by atoms with Crippen LogP contribution in [0, 0.1) is 0 Å². The van der Waals surface area contributed by atoms with E-state index in [0.29, 0.717) is 0 Å². The second kappa shape index (κ2) is 9.37. The van der Waals surface area contributed by atoms with Crippen molar-refractivity contribution >= 4 is 17.9 Å². The van der Waals surface area contributed by atoms with Gasteiger partial charge in [0.15, 0.2) is 5.60 Å². The second-order valence-electron chi connectivity index (χ2n) is 3.26. The largest absolute Gasteiger partial charge is 0.481 e. The molecule has 0 saturated heterocycles. The SMILES string of the molecule is CCOCC.O=C(O)CC(O)(CC(=O)O)C(=O)O. The Morgan fingerprint density at radius 3 is 1.39 bits per heavy atom. The van der Waals surface area contributed by atoms with Gasteiger partial charge in [0.2, 0.25) is 0 Å². The predicted octanol–water partition coefficient (Wildman–Crippen LogP) is -0.206. The number of ether oxygens (including phenoxy) is 1. The summed E-state index contributed by atoms with van der Waals surface area (Å²) in [6.07, 6.45) is -2.29. The van der Waals surface area contributed by atoms with Crippen molar-refractivity contribution in [2.45, 2.75) is 32.3 Å². The molecule has 0 aliphatic carbocycles. The molecule has 0 spiro atoms. The third kappa shape index (κ3) is 9.55. The molecule has 0 saturated carbocycles. The zero-order valence-corrected chi connectivity index (χ0v) is 10.3. The Balaban J connectivity index is 0. The lowest BCUT2D eigenvalue weighted by atomic mass is 9.96. The van der Waals surface area contributed by atoms with Crippen LogP contribution in [0.3, 0.4) is 0 Å². The average molecular weight is 266 g/mol. The third-order valence-electron chi connectivity index (χ3n) is 1.69. The maximum absolute atomic E-state index is 10.3. The Kier molecular flexibility index (Phi) is 9.73. The minimum atomic E-state index is -2.74. The molecule has 0 radical (unpaired) electrons. The van der Waals surface area contributed by atoms with Crippen LogP contribution in [0.4, 0.5) is 0 Å². The highest BCUT2D eigenvalue weighted by Crippen LogP contribution is 2.15. The molecule has 0 bridgehead atoms. The Labute approximate surface area is 104 Å². The first-order valence-electron chi connectivity index (χ1n) is 5.16. The summed E-state index contributed by atoms with van der Waals surface area (Å²) in [4.78, 5) is 30.5. The summed E-state index contributed by atoms with van der Waals surface area (Å²) >= 11 is 0. The fourth-order valence-corrected chi connectivity index (χ4v) is 0.918. The number of rotatable bonds is 7. The van der Waals surface area contributed by atoms with E-state index in [0.717, 1.165) is 13.2 Å². The van der Waals surface area contributed by atoms with Crippen molar-refractivity contribution < 1.29 is 39.5 Å². The third-order valence-corrected chi connectivity index (χ3v) is 1.69. The van der Waals surface area contributed by atoms with Gasteiger partial charge in [0.25, 0.3) is 0 Å². The standard InChI is InChI=1S/C6H8O7.C4H10O/c7-3(8)1-6(13,5(11)12)2-4(9)10;1-3-5-4-2/h13H,1-2H2,(H,7,8)(H,9,10)(H,11,12);3-4H2,1-2H3. The van der Waals surface area contributed by atoms with Crippen molar-refractivity contribution in [1.29, 1.82) is 0 Å². The van der Waals surface area contributed by atoms with Crippen LogP contribution < -0.4 is 0 Å². The lowest BCUT2D eigenvalue weighted by Crippen LogP contribution is -2.42. The van der Waals surface area contributed by atoms with E-state index < -0.39 is 36.4 Å². The molecular weight excluding hydrogens is 248 g/mol. The summed E-state index contributed by atoms with van der Waals surface area (Å²) in [6.45, 7) is 5.67. The number of carbonyl (C=O) groups is 3. The topological polar surface area (TPSA) is 141 Å². The van der Waals surface area contributed by atoms with Crippen molar-refractivity contribution in [2.24, 2.45) is 0 Å². The summed E-state index contributed by atoms with van der Waals surface area (Å²) in [6, 6.07) is 0.